The maximum atomic E-state index is 2.79. The standard InChI is InChI=1S/C17H32N2/c1-15-5-2-6-16(13-15)8-12-18-9-4-11-19-10-3-7-17(19)14-18/h15-17H,2-14H2,1H3. The first-order valence-corrected chi connectivity index (χ1v) is 8.77. The highest BCUT2D eigenvalue weighted by Gasteiger charge is 2.29. The Morgan fingerprint density at radius 3 is 2.74 bits per heavy atom. The number of nitrogens with zero attached hydrogens (tertiary/aromatic N) is 2. The van der Waals surface area contributed by atoms with Gasteiger partial charge in [-0.2, -0.15) is 0 Å². The normalized spacial score (nSPS) is 38.1. The topological polar surface area (TPSA) is 6.48 Å². The van der Waals surface area contributed by atoms with E-state index in [-0.39, 0.29) is 0 Å². The average Bonchev–Trinajstić information content (AvgIpc) is 2.75. The summed E-state index contributed by atoms with van der Waals surface area (Å²) in [4.78, 5) is 5.54. The summed E-state index contributed by atoms with van der Waals surface area (Å²) >= 11 is 0. The van der Waals surface area contributed by atoms with Crippen molar-refractivity contribution in [3.05, 3.63) is 0 Å². The molecule has 110 valence electrons. The minimum atomic E-state index is 0.896. The second kappa shape index (κ2) is 6.58. The molecule has 0 aromatic heterocycles. The van der Waals surface area contributed by atoms with Crippen molar-refractivity contribution >= 4 is 0 Å². The fourth-order valence-corrected chi connectivity index (χ4v) is 4.67. The van der Waals surface area contributed by atoms with Crippen LogP contribution in [0.4, 0.5) is 0 Å². The Morgan fingerprint density at radius 1 is 0.947 bits per heavy atom. The van der Waals surface area contributed by atoms with Crippen molar-refractivity contribution in [1.29, 1.82) is 0 Å². The molecule has 0 spiro atoms. The Morgan fingerprint density at radius 2 is 1.84 bits per heavy atom. The fraction of sp³-hybridized carbons (Fsp3) is 1.00. The van der Waals surface area contributed by atoms with Crippen molar-refractivity contribution in [2.75, 3.05) is 32.7 Å². The molecule has 3 atom stereocenters. The SMILES string of the molecule is CC1CCCC(CCN2CCCN3CCCC3C2)C1. The molecule has 0 bridgehead atoms. The van der Waals surface area contributed by atoms with E-state index in [2.05, 4.69) is 16.7 Å². The second-order valence-electron chi connectivity index (χ2n) is 7.41. The summed E-state index contributed by atoms with van der Waals surface area (Å²) in [5.74, 6) is 2.03. The zero-order valence-electron chi connectivity index (χ0n) is 12.8. The molecule has 2 heterocycles. The van der Waals surface area contributed by atoms with Crippen LogP contribution in [-0.2, 0) is 0 Å². The molecule has 2 saturated heterocycles. The molecular formula is C17H32N2. The van der Waals surface area contributed by atoms with Crippen LogP contribution >= 0.6 is 0 Å². The molecule has 2 heteroatoms. The zero-order valence-corrected chi connectivity index (χ0v) is 12.8. The van der Waals surface area contributed by atoms with E-state index in [1.54, 1.807) is 0 Å². The van der Waals surface area contributed by atoms with Crippen LogP contribution in [0.5, 0.6) is 0 Å². The Hall–Kier alpha value is -0.0800. The number of hydrogen-bond acceptors (Lipinski definition) is 2. The molecule has 2 aliphatic heterocycles. The largest absolute Gasteiger partial charge is 0.302 e. The fourth-order valence-electron chi connectivity index (χ4n) is 4.67. The third-order valence-electron chi connectivity index (χ3n) is 5.79. The summed E-state index contributed by atoms with van der Waals surface area (Å²) in [6.07, 6.45) is 11.8. The highest BCUT2D eigenvalue weighted by Crippen LogP contribution is 2.31. The summed E-state index contributed by atoms with van der Waals surface area (Å²) in [7, 11) is 0. The van der Waals surface area contributed by atoms with Crippen LogP contribution < -0.4 is 0 Å². The van der Waals surface area contributed by atoms with Gasteiger partial charge in [-0.25, -0.2) is 0 Å². The van der Waals surface area contributed by atoms with Crippen molar-refractivity contribution < 1.29 is 0 Å². The van der Waals surface area contributed by atoms with Crippen LogP contribution in [0.3, 0.4) is 0 Å². The van der Waals surface area contributed by atoms with Gasteiger partial charge >= 0.3 is 0 Å². The van der Waals surface area contributed by atoms with Crippen molar-refractivity contribution in [3.8, 4) is 0 Å². The minimum absolute atomic E-state index is 0.896. The van der Waals surface area contributed by atoms with E-state index in [0.717, 1.165) is 17.9 Å². The number of rotatable bonds is 3. The number of hydrogen-bond donors (Lipinski definition) is 0. The lowest BCUT2D eigenvalue weighted by atomic mass is 9.81. The molecule has 1 saturated carbocycles. The van der Waals surface area contributed by atoms with Crippen LogP contribution in [0.25, 0.3) is 0 Å². The second-order valence-corrected chi connectivity index (χ2v) is 7.41. The average molecular weight is 264 g/mol. The molecule has 0 aromatic rings. The van der Waals surface area contributed by atoms with Gasteiger partial charge < -0.3 is 4.90 Å². The van der Waals surface area contributed by atoms with Crippen LogP contribution in [0.1, 0.15) is 58.3 Å². The summed E-state index contributed by atoms with van der Waals surface area (Å²) in [6, 6.07) is 0.896. The van der Waals surface area contributed by atoms with Crippen molar-refractivity contribution in [1.82, 2.24) is 9.80 Å². The molecule has 3 fully saturated rings. The van der Waals surface area contributed by atoms with Crippen molar-refractivity contribution in [3.63, 3.8) is 0 Å². The van der Waals surface area contributed by atoms with Gasteiger partial charge in [-0.1, -0.05) is 26.2 Å². The molecule has 2 nitrogen and oxygen atoms in total. The van der Waals surface area contributed by atoms with Crippen molar-refractivity contribution in [2.45, 2.75) is 64.3 Å². The van der Waals surface area contributed by atoms with E-state index in [1.165, 1.54) is 84.1 Å². The third-order valence-corrected chi connectivity index (χ3v) is 5.79. The van der Waals surface area contributed by atoms with Crippen LogP contribution in [0, 0.1) is 11.8 Å². The first kappa shape index (κ1) is 13.9. The van der Waals surface area contributed by atoms with E-state index in [1.807, 2.05) is 0 Å². The van der Waals surface area contributed by atoms with Crippen molar-refractivity contribution in [2.24, 2.45) is 11.8 Å². The van der Waals surface area contributed by atoms with Gasteiger partial charge in [0.2, 0.25) is 0 Å². The Balaban J connectivity index is 1.44. The molecular weight excluding hydrogens is 232 g/mol. The lowest BCUT2D eigenvalue weighted by molar-refractivity contribution is 0.192. The maximum Gasteiger partial charge on any atom is 0.0223 e. The van der Waals surface area contributed by atoms with Crippen LogP contribution in [0.2, 0.25) is 0 Å². The lowest BCUT2D eigenvalue weighted by Gasteiger charge is -2.30. The summed E-state index contributed by atoms with van der Waals surface area (Å²) in [5, 5.41) is 0. The molecule has 0 amide bonds. The van der Waals surface area contributed by atoms with Gasteiger partial charge in [0.1, 0.15) is 0 Å². The summed E-state index contributed by atoms with van der Waals surface area (Å²) in [6.45, 7) is 9.29. The van der Waals surface area contributed by atoms with E-state index < -0.39 is 0 Å². The first-order valence-electron chi connectivity index (χ1n) is 8.77. The highest BCUT2D eigenvalue weighted by molar-refractivity contribution is 4.85. The van der Waals surface area contributed by atoms with Gasteiger partial charge in [-0.05, 0) is 70.1 Å². The van der Waals surface area contributed by atoms with E-state index in [0.29, 0.717) is 0 Å². The van der Waals surface area contributed by atoms with Crippen LogP contribution in [-0.4, -0.2) is 48.6 Å². The molecule has 19 heavy (non-hydrogen) atoms. The maximum absolute atomic E-state index is 2.79. The van der Waals surface area contributed by atoms with Gasteiger partial charge in [-0.15, -0.1) is 0 Å². The van der Waals surface area contributed by atoms with Gasteiger partial charge in [0.15, 0.2) is 0 Å². The number of fused-ring (bicyclic) bond motifs is 1. The minimum Gasteiger partial charge on any atom is -0.302 e. The Kier molecular flexibility index (Phi) is 4.81. The highest BCUT2D eigenvalue weighted by atomic mass is 15.3. The smallest absolute Gasteiger partial charge is 0.0223 e. The quantitative estimate of drug-likeness (QED) is 0.771. The Bertz CT molecular complexity index is 278. The molecule has 3 aliphatic rings. The first-order chi connectivity index (χ1) is 9.31. The van der Waals surface area contributed by atoms with E-state index in [4.69, 9.17) is 0 Å². The summed E-state index contributed by atoms with van der Waals surface area (Å²) < 4.78 is 0. The monoisotopic (exact) mass is 264 g/mol. The van der Waals surface area contributed by atoms with E-state index >= 15 is 0 Å². The molecule has 0 N–H and O–H groups in total. The predicted octanol–water partition coefficient (Wildman–Crippen LogP) is 3.37. The van der Waals surface area contributed by atoms with Gasteiger partial charge in [0, 0.05) is 12.6 Å². The molecule has 1 aliphatic carbocycles. The summed E-state index contributed by atoms with van der Waals surface area (Å²) in [5.41, 5.74) is 0. The lowest BCUT2D eigenvalue weighted by Crippen LogP contribution is -2.37. The Labute approximate surface area is 119 Å². The predicted molar refractivity (Wildman–Crippen MR) is 81.4 cm³/mol. The van der Waals surface area contributed by atoms with Gasteiger partial charge in [-0.3, -0.25) is 4.90 Å². The molecule has 0 radical (unpaired) electrons. The molecule has 3 rings (SSSR count). The van der Waals surface area contributed by atoms with Gasteiger partial charge in [0.25, 0.3) is 0 Å². The third kappa shape index (κ3) is 3.72. The van der Waals surface area contributed by atoms with E-state index in [9.17, 15) is 0 Å². The molecule has 0 aromatic carbocycles. The van der Waals surface area contributed by atoms with Gasteiger partial charge in [0.05, 0.1) is 0 Å². The molecule has 3 unspecified atom stereocenters. The van der Waals surface area contributed by atoms with Crippen LogP contribution in [0.15, 0.2) is 0 Å². The zero-order chi connectivity index (χ0) is 13.1.